The summed E-state index contributed by atoms with van der Waals surface area (Å²) in [6.07, 6.45) is 0.623. The van der Waals surface area contributed by atoms with Crippen LogP contribution in [-0.2, 0) is 4.74 Å². The van der Waals surface area contributed by atoms with Gasteiger partial charge in [-0.2, -0.15) is 0 Å². The van der Waals surface area contributed by atoms with Crippen molar-refractivity contribution in [3.8, 4) is 0 Å². The Labute approximate surface area is 149 Å². The molecule has 2 atom stereocenters. The van der Waals surface area contributed by atoms with Crippen molar-refractivity contribution in [2.75, 3.05) is 4.90 Å². The molecule has 0 saturated carbocycles. The van der Waals surface area contributed by atoms with E-state index in [1.54, 1.807) is 6.07 Å². The summed E-state index contributed by atoms with van der Waals surface area (Å²) < 4.78 is 5.70. The van der Waals surface area contributed by atoms with Gasteiger partial charge in [-0.1, -0.05) is 60.7 Å². The average molecular weight is 352 g/mol. The largest absolute Gasteiger partial charge is 0.438 e. The second-order valence-electron chi connectivity index (χ2n) is 5.62. The van der Waals surface area contributed by atoms with Crippen LogP contribution in [0.3, 0.4) is 0 Å². The van der Waals surface area contributed by atoms with Crippen LogP contribution in [0.25, 0.3) is 0 Å². The van der Waals surface area contributed by atoms with E-state index < -0.39 is 12.2 Å². The zero-order valence-electron chi connectivity index (χ0n) is 13.1. The molecule has 5 nitrogen and oxygen atoms in total. The molecule has 6 heteroatoms. The van der Waals surface area contributed by atoms with Crippen molar-refractivity contribution in [3.05, 3.63) is 89.3 Å². The predicted molar refractivity (Wildman–Crippen MR) is 94.4 cm³/mol. The minimum absolute atomic E-state index is 0.0836. The molecule has 0 bridgehead atoms. The van der Waals surface area contributed by atoms with Crippen LogP contribution in [0.4, 0.5) is 10.6 Å². The molecule has 4 rings (SSSR count). The predicted octanol–water partition coefficient (Wildman–Crippen LogP) is 4.57. The Morgan fingerprint density at radius 3 is 2.20 bits per heavy atom. The molecule has 3 aromatic rings. The topological polar surface area (TPSA) is 55.3 Å². The molecule has 0 radical (unpaired) electrons. The molecule has 1 aliphatic heterocycles. The summed E-state index contributed by atoms with van der Waals surface area (Å²) in [4.78, 5) is 22.3. The molecule has 2 heterocycles. The second kappa shape index (κ2) is 6.53. The highest BCUT2D eigenvalue weighted by molar-refractivity contribution is 6.28. The number of rotatable bonds is 3. The Morgan fingerprint density at radius 1 is 0.920 bits per heavy atom. The summed E-state index contributed by atoms with van der Waals surface area (Å²) in [7, 11) is 0. The zero-order chi connectivity index (χ0) is 17.2. The molecule has 0 unspecified atom stereocenters. The lowest BCUT2D eigenvalue weighted by atomic mass is 9.95. The number of carbonyl (C=O) groups is 1. The van der Waals surface area contributed by atoms with Gasteiger partial charge in [-0.15, -0.1) is 0 Å². The maximum atomic E-state index is 12.7. The molecule has 1 aromatic heterocycles. The summed E-state index contributed by atoms with van der Waals surface area (Å²) in [6.45, 7) is 0. The number of amides is 1. The summed E-state index contributed by atoms with van der Waals surface area (Å²) in [5.74, 6) is 0.414. The molecule has 0 spiro atoms. The van der Waals surface area contributed by atoms with Gasteiger partial charge >= 0.3 is 6.09 Å². The number of hydrogen-bond donors (Lipinski definition) is 0. The normalized spacial score (nSPS) is 19.7. The summed E-state index contributed by atoms with van der Waals surface area (Å²) in [6, 6.07) is 20.7. The first-order chi connectivity index (χ1) is 12.2. The van der Waals surface area contributed by atoms with E-state index >= 15 is 0 Å². The maximum absolute atomic E-state index is 12.7. The molecular formula is C19H14ClN3O2. The fraction of sp³-hybridized carbons (Fsp3) is 0.105. The van der Waals surface area contributed by atoms with Crippen molar-refractivity contribution in [1.29, 1.82) is 0 Å². The van der Waals surface area contributed by atoms with Gasteiger partial charge in [-0.05, 0) is 28.8 Å². The number of hydrogen-bond acceptors (Lipinski definition) is 4. The van der Waals surface area contributed by atoms with Gasteiger partial charge in [0.2, 0.25) is 5.28 Å². The average Bonchev–Trinajstić information content (AvgIpc) is 3.00. The van der Waals surface area contributed by atoms with E-state index in [0.717, 1.165) is 11.1 Å². The molecule has 25 heavy (non-hydrogen) atoms. The van der Waals surface area contributed by atoms with Crippen molar-refractivity contribution in [2.24, 2.45) is 0 Å². The van der Waals surface area contributed by atoms with Crippen LogP contribution in [0.5, 0.6) is 0 Å². The van der Waals surface area contributed by atoms with Crippen molar-refractivity contribution < 1.29 is 9.53 Å². The number of anilines is 1. The molecule has 1 fully saturated rings. The number of cyclic esters (lactones) is 1. The fourth-order valence-electron chi connectivity index (χ4n) is 3.04. The molecule has 0 aliphatic carbocycles. The van der Waals surface area contributed by atoms with Crippen molar-refractivity contribution in [3.63, 3.8) is 0 Å². The Hall–Kier alpha value is -2.92. The van der Waals surface area contributed by atoms with Gasteiger partial charge in [0.1, 0.15) is 11.9 Å². The highest BCUT2D eigenvalue weighted by Crippen LogP contribution is 2.44. The zero-order valence-corrected chi connectivity index (χ0v) is 13.9. The van der Waals surface area contributed by atoms with Crippen LogP contribution in [0.15, 0.2) is 72.9 Å². The van der Waals surface area contributed by atoms with Crippen LogP contribution < -0.4 is 4.90 Å². The second-order valence-corrected chi connectivity index (χ2v) is 5.96. The fourth-order valence-corrected chi connectivity index (χ4v) is 3.19. The number of aromatic nitrogens is 2. The van der Waals surface area contributed by atoms with Gasteiger partial charge in [0.25, 0.3) is 0 Å². The first-order valence-corrected chi connectivity index (χ1v) is 8.20. The van der Waals surface area contributed by atoms with Gasteiger partial charge in [-0.3, -0.25) is 0 Å². The lowest BCUT2D eigenvalue weighted by Gasteiger charge is -2.24. The van der Waals surface area contributed by atoms with E-state index in [4.69, 9.17) is 16.3 Å². The van der Waals surface area contributed by atoms with Crippen LogP contribution in [0.2, 0.25) is 5.28 Å². The third kappa shape index (κ3) is 2.94. The molecular weight excluding hydrogens is 338 g/mol. The monoisotopic (exact) mass is 351 g/mol. The first-order valence-electron chi connectivity index (χ1n) is 7.82. The minimum atomic E-state index is -0.461. The number of ether oxygens (including phenoxy) is 1. The van der Waals surface area contributed by atoms with Crippen molar-refractivity contribution in [2.45, 2.75) is 12.1 Å². The quantitative estimate of drug-likeness (QED) is 0.649. The summed E-state index contributed by atoms with van der Waals surface area (Å²) >= 11 is 5.92. The molecule has 1 saturated heterocycles. The Kier molecular flexibility index (Phi) is 4.07. The lowest BCUT2D eigenvalue weighted by molar-refractivity contribution is 0.132. The van der Waals surface area contributed by atoms with Gasteiger partial charge in [0.15, 0.2) is 6.10 Å². The smallest absolute Gasteiger partial charge is 0.416 e. The summed E-state index contributed by atoms with van der Waals surface area (Å²) in [5, 5.41) is 0.0836. The first kappa shape index (κ1) is 15.6. The van der Waals surface area contributed by atoms with Crippen LogP contribution in [0, 0.1) is 0 Å². The van der Waals surface area contributed by atoms with E-state index in [9.17, 15) is 4.79 Å². The SMILES string of the molecule is O=C1O[C@H](c2ccccc2)[C@H](c2ccccc2)N1c1ccnc(Cl)n1. The highest BCUT2D eigenvalue weighted by Gasteiger charge is 2.45. The maximum Gasteiger partial charge on any atom is 0.416 e. The molecule has 2 aromatic carbocycles. The van der Waals surface area contributed by atoms with Crippen LogP contribution in [0.1, 0.15) is 23.3 Å². The van der Waals surface area contributed by atoms with E-state index in [0.29, 0.717) is 5.82 Å². The van der Waals surface area contributed by atoms with E-state index in [2.05, 4.69) is 9.97 Å². The lowest BCUT2D eigenvalue weighted by Crippen LogP contribution is -2.28. The Balaban J connectivity index is 1.83. The number of benzene rings is 2. The van der Waals surface area contributed by atoms with Crippen molar-refractivity contribution in [1.82, 2.24) is 9.97 Å². The van der Waals surface area contributed by atoms with Gasteiger partial charge in [0.05, 0.1) is 0 Å². The van der Waals surface area contributed by atoms with E-state index in [-0.39, 0.29) is 11.3 Å². The number of nitrogens with zero attached hydrogens (tertiary/aromatic N) is 3. The minimum Gasteiger partial charge on any atom is -0.438 e. The number of halogens is 1. The van der Waals surface area contributed by atoms with Crippen LogP contribution >= 0.6 is 11.6 Å². The number of carbonyl (C=O) groups excluding carboxylic acids is 1. The molecule has 1 amide bonds. The third-order valence-corrected chi connectivity index (χ3v) is 4.30. The molecule has 1 aliphatic rings. The van der Waals surface area contributed by atoms with Gasteiger partial charge < -0.3 is 4.74 Å². The Bertz CT molecular complexity index is 889. The standard InChI is InChI=1S/C19H14ClN3O2/c20-18-21-12-11-15(22-18)23-16(13-7-3-1-4-8-13)17(25-19(23)24)14-9-5-2-6-10-14/h1-12,16-17H/t16-,17+/m0/s1. The van der Waals surface area contributed by atoms with E-state index in [1.807, 2.05) is 60.7 Å². The van der Waals surface area contributed by atoms with Crippen LogP contribution in [-0.4, -0.2) is 16.1 Å². The highest BCUT2D eigenvalue weighted by atomic mass is 35.5. The third-order valence-electron chi connectivity index (χ3n) is 4.12. The van der Waals surface area contributed by atoms with E-state index in [1.165, 1.54) is 11.1 Å². The summed E-state index contributed by atoms with van der Waals surface area (Å²) in [5.41, 5.74) is 1.88. The molecule has 0 N–H and O–H groups in total. The molecule has 124 valence electrons. The van der Waals surface area contributed by atoms with Crippen molar-refractivity contribution >= 4 is 23.5 Å². The Morgan fingerprint density at radius 2 is 1.56 bits per heavy atom. The van der Waals surface area contributed by atoms with Gasteiger partial charge in [-0.25, -0.2) is 19.7 Å². The van der Waals surface area contributed by atoms with Gasteiger partial charge in [0, 0.05) is 6.20 Å².